The summed E-state index contributed by atoms with van der Waals surface area (Å²) in [5.41, 5.74) is 11.9. The van der Waals surface area contributed by atoms with Crippen molar-refractivity contribution in [1.82, 2.24) is 9.13 Å². The van der Waals surface area contributed by atoms with Crippen molar-refractivity contribution < 1.29 is 0 Å². The second-order valence-corrected chi connectivity index (χ2v) is 12.4. The summed E-state index contributed by atoms with van der Waals surface area (Å²) in [7, 11) is 0. The Kier molecular flexibility index (Phi) is 6.61. The van der Waals surface area contributed by atoms with E-state index < -0.39 is 0 Å². The van der Waals surface area contributed by atoms with Crippen molar-refractivity contribution in [2.24, 2.45) is 0 Å². The number of hydrogen-bond donors (Lipinski definition) is 0. The van der Waals surface area contributed by atoms with Gasteiger partial charge >= 0.3 is 0 Å². The van der Waals surface area contributed by atoms with Gasteiger partial charge in [0.25, 0.3) is 0 Å². The van der Waals surface area contributed by atoms with Crippen LogP contribution in [0.2, 0.25) is 0 Å². The lowest BCUT2D eigenvalue weighted by molar-refractivity contribution is 0.869. The normalized spacial score (nSPS) is 11.3. The summed E-state index contributed by atoms with van der Waals surface area (Å²) < 4.78 is 4.64. The summed E-state index contributed by atoms with van der Waals surface area (Å²) in [5, 5.41) is 24.8. The van der Waals surface area contributed by atoms with Gasteiger partial charge in [-0.15, -0.1) is 0 Å². The number of aromatic nitrogens is 2. The lowest BCUT2D eigenvalue weighted by atomic mass is 9.90. The van der Waals surface area contributed by atoms with E-state index in [1.807, 2.05) is 36.4 Å². The Morgan fingerprint density at radius 3 is 1.65 bits per heavy atom. The largest absolute Gasteiger partial charge is 0.336 e. The van der Waals surface area contributed by atoms with Gasteiger partial charge in [0.05, 0.1) is 45.5 Å². The van der Waals surface area contributed by atoms with Crippen LogP contribution >= 0.6 is 0 Å². The fraction of sp³-hybridized carbons (Fsp3) is 0.0222. The highest BCUT2D eigenvalue weighted by atomic mass is 15.0. The van der Waals surface area contributed by atoms with Gasteiger partial charge in [-0.25, -0.2) is 0 Å². The van der Waals surface area contributed by atoms with Gasteiger partial charge in [-0.1, -0.05) is 109 Å². The fourth-order valence-corrected chi connectivity index (χ4v) is 7.51. The van der Waals surface area contributed by atoms with Crippen molar-refractivity contribution >= 4 is 43.6 Å². The zero-order valence-corrected chi connectivity index (χ0v) is 26.5. The minimum Gasteiger partial charge on any atom is -0.336 e. The molecule has 0 aliphatic rings. The zero-order valence-electron chi connectivity index (χ0n) is 26.5. The third kappa shape index (κ3) is 4.51. The molecule has 0 bridgehead atoms. The van der Waals surface area contributed by atoms with Crippen LogP contribution in [0.3, 0.4) is 0 Å². The molecule has 0 atom stereocenters. The minimum absolute atomic E-state index is 0.595. The molecule has 228 valence electrons. The molecule has 7 aromatic carbocycles. The lowest BCUT2D eigenvalue weighted by Gasteiger charge is -2.18. The van der Waals surface area contributed by atoms with Crippen LogP contribution in [0, 0.1) is 22.7 Å². The number of nitriles is 2. The molecule has 9 aromatic rings. The van der Waals surface area contributed by atoms with Gasteiger partial charge in [-0.05, 0) is 65.2 Å². The smallest absolute Gasteiger partial charge is 0.0998 e. The molecular formula is C45H28N4. The maximum absolute atomic E-state index is 10.4. The van der Waals surface area contributed by atoms with Gasteiger partial charge < -0.3 is 9.13 Å². The van der Waals surface area contributed by atoms with Gasteiger partial charge in [-0.3, -0.25) is 0 Å². The first-order valence-electron chi connectivity index (χ1n) is 16.3. The third-order valence-electron chi connectivity index (χ3n) is 9.68. The van der Waals surface area contributed by atoms with Gasteiger partial charge in [0.2, 0.25) is 0 Å². The van der Waals surface area contributed by atoms with E-state index in [1.54, 1.807) is 0 Å². The minimum atomic E-state index is 0.595. The van der Waals surface area contributed by atoms with Crippen LogP contribution in [-0.2, 0) is 6.54 Å². The van der Waals surface area contributed by atoms with Crippen molar-refractivity contribution in [2.75, 3.05) is 0 Å². The monoisotopic (exact) mass is 624 g/mol. The summed E-state index contributed by atoms with van der Waals surface area (Å²) in [6.45, 7) is 0.595. The molecule has 49 heavy (non-hydrogen) atoms. The molecule has 0 saturated carbocycles. The molecule has 4 heteroatoms. The molecule has 9 rings (SSSR count). The summed E-state index contributed by atoms with van der Waals surface area (Å²) in [6.07, 6.45) is 0. The molecule has 2 heterocycles. The number of fused-ring (bicyclic) bond motifs is 6. The topological polar surface area (TPSA) is 57.4 Å². The van der Waals surface area contributed by atoms with Crippen LogP contribution in [0.4, 0.5) is 0 Å². The van der Waals surface area contributed by atoms with Crippen LogP contribution in [-0.4, -0.2) is 9.13 Å². The Morgan fingerprint density at radius 2 is 0.980 bits per heavy atom. The number of rotatable bonds is 5. The molecule has 4 nitrogen and oxygen atoms in total. The van der Waals surface area contributed by atoms with Crippen molar-refractivity contribution in [1.29, 1.82) is 10.5 Å². The average molecular weight is 625 g/mol. The highest BCUT2D eigenvalue weighted by Crippen LogP contribution is 2.40. The summed E-state index contributed by atoms with van der Waals surface area (Å²) >= 11 is 0. The number of nitrogens with zero attached hydrogens (tertiary/aromatic N) is 4. The van der Waals surface area contributed by atoms with E-state index >= 15 is 0 Å². The highest BCUT2D eigenvalue weighted by molar-refractivity contribution is 6.10. The van der Waals surface area contributed by atoms with Crippen LogP contribution in [0.1, 0.15) is 16.7 Å². The zero-order chi connectivity index (χ0) is 32.9. The van der Waals surface area contributed by atoms with Crippen LogP contribution in [0.25, 0.3) is 71.6 Å². The SMILES string of the molecule is N#Cc1ccc2c3ccccc3n(Cc3ccc(C#N)c(-c4ccccc4-c4ccccc4-n4c5ccccc5c5ccccc54)c3)c2c1. The van der Waals surface area contributed by atoms with Gasteiger partial charge in [0.15, 0.2) is 0 Å². The van der Waals surface area contributed by atoms with Crippen molar-refractivity contribution in [3.05, 3.63) is 174 Å². The molecular weight excluding hydrogens is 597 g/mol. The predicted molar refractivity (Wildman–Crippen MR) is 200 cm³/mol. The van der Waals surface area contributed by atoms with Crippen LogP contribution in [0.15, 0.2) is 158 Å². The number of para-hydroxylation sites is 4. The maximum Gasteiger partial charge on any atom is 0.0998 e. The lowest BCUT2D eigenvalue weighted by Crippen LogP contribution is -2.01. The predicted octanol–water partition coefficient (Wildman–Crippen LogP) is 11.0. The molecule has 0 saturated heterocycles. The molecule has 0 amide bonds. The molecule has 2 aromatic heterocycles. The Balaban J connectivity index is 1.23. The van der Waals surface area contributed by atoms with E-state index in [-0.39, 0.29) is 0 Å². The molecule has 0 N–H and O–H groups in total. The standard InChI is InChI=1S/C45H28N4/c46-27-30-22-24-39-36-14-3-7-17-41(36)48(45(39)26-30)29-31-21-23-32(28-47)40(25-31)34-12-2-1-11-33(34)35-13-4-8-18-42(35)49-43-19-9-5-15-37(43)38-16-6-10-20-44(38)49/h1-26H,29H2. The van der Waals surface area contributed by atoms with Gasteiger partial charge in [-0.2, -0.15) is 10.5 Å². The molecule has 0 aliphatic carbocycles. The Hall–Kier alpha value is -6.88. The molecule has 0 radical (unpaired) electrons. The van der Waals surface area contributed by atoms with Crippen LogP contribution < -0.4 is 0 Å². The summed E-state index contributed by atoms with van der Waals surface area (Å²) in [5.74, 6) is 0. The van der Waals surface area contributed by atoms with E-state index in [4.69, 9.17) is 0 Å². The van der Waals surface area contributed by atoms with Crippen molar-refractivity contribution in [3.8, 4) is 40.1 Å². The van der Waals surface area contributed by atoms with Crippen molar-refractivity contribution in [2.45, 2.75) is 6.54 Å². The fourth-order valence-electron chi connectivity index (χ4n) is 7.51. The second-order valence-electron chi connectivity index (χ2n) is 12.4. The number of hydrogen-bond acceptors (Lipinski definition) is 2. The Morgan fingerprint density at radius 1 is 0.429 bits per heavy atom. The average Bonchev–Trinajstić information content (AvgIpc) is 3.67. The van der Waals surface area contributed by atoms with E-state index in [0.29, 0.717) is 17.7 Å². The third-order valence-corrected chi connectivity index (χ3v) is 9.68. The summed E-state index contributed by atoms with van der Waals surface area (Å²) in [4.78, 5) is 0. The highest BCUT2D eigenvalue weighted by Gasteiger charge is 2.19. The van der Waals surface area contributed by atoms with Crippen molar-refractivity contribution in [3.63, 3.8) is 0 Å². The quantitative estimate of drug-likeness (QED) is 0.191. The first-order chi connectivity index (χ1) is 24.2. The first kappa shape index (κ1) is 28.4. The van der Waals surface area contributed by atoms with Crippen LogP contribution in [0.5, 0.6) is 0 Å². The van der Waals surface area contributed by atoms with E-state index in [9.17, 15) is 10.5 Å². The molecule has 0 unspecified atom stereocenters. The van der Waals surface area contributed by atoms with E-state index in [2.05, 4.69) is 143 Å². The molecule has 0 fully saturated rings. The maximum atomic E-state index is 10.4. The second kappa shape index (κ2) is 11.4. The molecule has 0 spiro atoms. The van der Waals surface area contributed by atoms with E-state index in [1.165, 1.54) is 10.8 Å². The van der Waals surface area contributed by atoms with E-state index in [0.717, 1.165) is 66.3 Å². The number of benzene rings is 7. The Bertz CT molecular complexity index is 2780. The van der Waals surface area contributed by atoms with Gasteiger partial charge in [0.1, 0.15) is 0 Å². The van der Waals surface area contributed by atoms with Gasteiger partial charge in [0, 0.05) is 44.7 Å². The first-order valence-corrected chi connectivity index (χ1v) is 16.3. The molecule has 0 aliphatic heterocycles. The Labute approximate surface area is 283 Å². The summed E-state index contributed by atoms with van der Waals surface area (Å²) in [6, 6.07) is 59.3.